The summed E-state index contributed by atoms with van der Waals surface area (Å²) < 4.78 is 0. The maximum atomic E-state index is 12.2. The van der Waals surface area contributed by atoms with Gasteiger partial charge in [0.2, 0.25) is 11.8 Å². The molecule has 1 aliphatic carbocycles. The van der Waals surface area contributed by atoms with E-state index < -0.39 is 23.6 Å². The fourth-order valence-corrected chi connectivity index (χ4v) is 2.80. The molecule has 0 radical (unpaired) electrons. The molecule has 1 aromatic rings. The molecule has 0 spiro atoms. The smallest absolute Gasteiger partial charge is 0.327 e. The van der Waals surface area contributed by atoms with Gasteiger partial charge in [-0.15, -0.1) is 0 Å². The zero-order chi connectivity index (χ0) is 18.7. The second-order valence-corrected chi connectivity index (χ2v) is 6.62. The third kappa shape index (κ3) is 4.19. The monoisotopic (exact) mass is 358 g/mol. The number of carbonyl (C=O) groups excluding carboxylic acids is 4. The van der Waals surface area contributed by atoms with Crippen LogP contribution in [-0.2, 0) is 25.6 Å². The molecule has 1 aliphatic heterocycles. The normalized spacial score (nSPS) is 19.2. The predicted molar refractivity (Wildman–Crippen MR) is 93.7 cm³/mol. The maximum Gasteiger partial charge on any atom is 0.327 e. The molecular formula is C18H22N4O4. The first-order chi connectivity index (χ1) is 12.5. The van der Waals surface area contributed by atoms with Crippen molar-refractivity contribution in [1.29, 1.82) is 0 Å². The van der Waals surface area contributed by atoms with Crippen molar-refractivity contribution in [3.8, 4) is 0 Å². The van der Waals surface area contributed by atoms with E-state index in [1.165, 1.54) is 5.56 Å². The number of anilines is 1. The van der Waals surface area contributed by atoms with Gasteiger partial charge in [-0.1, -0.05) is 19.1 Å². The number of aryl methyl sites for hydroxylation is 1. The summed E-state index contributed by atoms with van der Waals surface area (Å²) in [6, 6.07) is 7.69. The number of rotatable bonds is 4. The van der Waals surface area contributed by atoms with Crippen LogP contribution in [-0.4, -0.2) is 36.2 Å². The Morgan fingerprint density at radius 3 is 2.38 bits per heavy atom. The van der Waals surface area contributed by atoms with E-state index >= 15 is 0 Å². The minimum Gasteiger partial charge on any atom is -0.345 e. The van der Waals surface area contributed by atoms with E-state index in [9.17, 15) is 19.2 Å². The number of hydrogen-bond acceptors (Lipinski definition) is 4. The maximum absolute atomic E-state index is 12.2. The molecule has 1 saturated heterocycles. The van der Waals surface area contributed by atoms with Gasteiger partial charge in [-0.2, -0.15) is 0 Å². The lowest BCUT2D eigenvalue weighted by Gasteiger charge is -2.17. The van der Waals surface area contributed by atoms with Gasteiger partial charge in [0, 0.05) is 24.7 Å². The summed E-state index contributed by atoms with van der Waals surface area (Å²) in [6.07, 6.45) is 2.70. The van der Waals surface area contributed by atoms with Crippen LogP contribution >= 0.6 is 0 Å². The summed E-state index contributed by atoms with van der Waals surface area (Å²) in [5, 5.41) is 2.53. The minimum atomic E-state index is -0.915. The highest BCUT2D eigenvalue weighted by Crippen LogP contribution is 2.25. The summed E-state index contributed by atoms with van der Waals surface area (Å²) in [4.78, 5) is 49.1. The van der Waals surface area contributed by atoms with Crippen LogP contribution in [0.1, 0.15) is 31.7 Å². The van der Waals surface area contributed by atoms with Crippen LogP contribution in [0.5, 0.6) is 0 Å². The quantitative estimate of drug-likeness (QED) is 0.521. The van der Waals surface area contributed by atoms with E-state index in [4.69, 9.17) is 0 Å². The van der Waals surface area contributed by atoms with Crippen LogP contribution < -0.4 is 21.1 Å². The molecule has 0 unspecified atom stereocenters. The number of nitrogens with one attached hydrogen (secondary N) is 3. The predicted octanol–water partition coefficient (Wildman–Crippen LogP) is 0.0279. The Labute approximate surface area is 151 Å². The van der Waals surface area contributed by atoms with Crippen molar-refractivity contribution in [2.45, 2.75) is 38.6 Å². The zero-order valence-corrected chi connectivity index (χ0v) is 14.6. The molecule has 0 aromatic heterocycles. The summed E-state index contributed by atoms with van der Waals surface area (Å²) >= 11 is 0. The highest BCUT2D eigenvalue weighted by atomic mass is 16.2. The number of amides is 4. The highest BCUT2D eigenvalue weighted by molar-refractivity contribution is 6.35. The molecule has 1 saturated carbocycles. The van der Waals surface area contributed by atoms with Gasteiger partial charge in [0.05, 0.1) is 5.92 Å². The molecule has 8 nitrogen and oxygen atoms in total. The van der Waals surface area contributed by atoms with E-state index in [1.54, 1.807) is 4.90 Å². The van der Waals surface area contributed by atoms with E-state index in [0.29, 0.717) is 0 Å². The number of hydrogen-bond donors (Lipinski definition) is 3. The Hall–Kier alpha value is -2.90. The lowest BCUT2D eigenvalue weighted by atomic mass is 10.1. The van der Waals surface area contributed by atoms with Crippen LogP contribution in [0, 0.1) is 5.92 Å². The lowest BCUT2D eigenvalue weighted by molar-refractivity contribution is -0.141. The van der Waals surface area contributed by atoms with Crippen molar-refractivity contribution < 1.29 is 19.2 Å². The summed E-state index contributed by atoms with van der Waals surface area (Å²) in [6.45, 7) is 2.29. The first kappa shape index (κ1) is 17.9. The Bertz CT molecular complexity index is 727. The lowest BCUT2D eigenvalue weighted by Crippen LogP contribution is -2.50. The molecule has 1 heterocycles. The number of benzene rings is 1. The van der Waals surface area contributed by atoms with Crippen molar-refractivity contribution in [2.24, 2.45) is 5.92 Å². The third-order valence-electron chi connectivity index (χ3n) is 4.57. The minimum absolute atomic E-state index is 0.0593. The fourth-order valence-electron chi connectivity index (χ4n) is 2.80. The molecule has 3 N–H and O–H groups in total. The molecule has 26 heavy (non-hydrogen) atoms. The Kier molecular flexibility index (Phi) is 5.20. The summed E-state index contributed by atoms with van der Waals surface area (Å²) in [5.41, 5.74) is 6.24. The number of hydrazine groups is 1. The average molecular weight is 358 g/mol. The zero-order valence-electron chi connectivity index (χ0n) is 14.6. The van der Waals surface area contributed by atoms with Crippen LogP contribution in [0.25, 0.3) is 0 Å². The second kappa shape index (κ2) is 7.55. The molecular weight excluding hydrogens is 336 g/mol. The molecule has 138 valence electrons. The Morgan fingerprint density at radius 2 is 1.77 bits per heavy atom. The second-order valence-electron chi connectivity index (χ2n) is 6.62. The van der Waals surface area contributed by atoms with Gasteiger partial charge < -0.3 is 10.2 Å². The highest BCUT2D eigenvalue weighted by Gasteiger charge is 2.35. The SMILES string of the molecule is CCc1ccc(N2C[C@@H](C(=O)NNC(=O)C(=O)NC3CC3)CC2=O)cc1. The van der Waals surface area contributed by atoms with Crippen LogP contribution in [0.4, 0.5) is 5.69 Å². The molecule has 1 aromatic carbocycles. The topological polar surface area (TPSA) is 108 Å². The van der Waals surface area contributed by atoms with Crippen LogP contribution in [0.15, 0.2) is 24.3 Å². The van der Waals surface area contributed by atoms with Crippen LogP contribution in [0.3, 0.4) is 0 Å². The largest absolute Gasteiger partial charge is 0.345 e. The summed E-state index contributed by atoms with van der Waals surface area (Å²) in [7, 11) is 0. The van der Waals surface area contributed by atoms with E-state index in [0.717, 1.165) is 24.9 Å². The molecule has 4 amide bonds. The van der Waals surface area contributed by atoms with E-state index in [2.05, 4.69) is 23.1 Å². The van der Waals surface area contributed by atoms with Crippen molar-refractivity contribution in [3.63, 3.8) is 0 Å². The standard InChI is InChI=1S/C18H22N4O4/c1-2-11-3-7-14(8-4-11)22-10-12(9-15(22)23)16(24)20-21-18(26)17(25)19-13-5-6-13/h3-4,7-8,12-13H,2,5-6,9-10H2,1H3,(H,19,25)(H,20,24)(H,21,26)/t12-/m0/s1. The molecule has 2 fully saturated rings. The van der Waals surface area contributed by atoms with Gasteiger partial charge >= 0.3 is 11.8 Å². The Balaban J connectivity index is 1.51. The third-order valence-corrected chi connectivity index (χ3v) is 4.57. The molecule has 3 rings (SSSR count). The van der Waals surface area contributed by atoms with Crippen molar-refractivity contribution in [3.05, 3.63) is 29.8 Å². The van der Waals surface area contributed by atoms with Crippen molar-refractivity contribution in [1.82, 2.24) is 16.2 Å². The average Bonchev–Trinajstić information content (AvgIpc) is 3.38. The molecule has 2 aliphatic rings. The molecule has 8 heteroatoms. The summed E-state index contributed by atoms with van der Waals surface area (Å²) in [5.74, 6) is -2.90. The van der Waals surface area contributed by atoms with Gasteiger partial charge in [-0.25, -0.2) is 0 Å². The fraction of sp³-hybridized carbons (Fsp3) is 0.444. The van der Waals surface area contributed by atoms with E-state index in [-0.39, 0.29) is 24.9 Å². The molecule has 0 bridgehead atoms. The van der Waals surface area contributed by atoms with Crippen molar-refractivity contribution in [2.75, 3.05) is 11.4 Å². The van der Waals surface area contributed by atoms with Gasteiger partial charge in [0.25, 0.3) is 0 Å². The van der Waals surface area contributed by atoms with Gasteiger partial charge in [-0.3, -0.25) is 30.0 Å². The first-order valence-electron chi connectivity index (χ1n) is 8.78. The van der Waals surface area contributed by atoms with Crippen molar-refractivity contribution >= 4 is 29.3 Å². The van der Waals surface area contributed by atoms with E-state index in [1.807, 2.05) is 24.3 Å². The van der Waals surface area contributed by atoms with Gasteiger partial charge in [0.1, 0.15) is 0 Å². The van der Waals surface area contributed by atoms with Gasteiger partial charge in [0.15, 0.2) is 0 Å². The number of carbonyl (C=O) groups is 4. The van der Waals surface area contributed by atoms with Crippen LogP contribution in [0.2, 0.25) is 0 Å². The Morgan fingerprint density at radius 1 is 1.08 bits per heavy atom. The van der Waals surface area contributed by atoms with Gasteiger partial charge in [-0.05, 0) is 37.0 Å². The first-order valence-corrected chi connectivity index (χ1v) is 8.78. The molecule has 1 atom stereocenters. The number of nitrogens with zero attached hydrogens (tertiary/aromatic N) is 1.